The number of nitrogens with two attached hydrogens (primary N) is 2. The van der Waals surface area contributed by atoms with Crippen LogP contribution in [-0.2, 0) is 0 Å². The molecule has 1 aliphatic rings. The van der Waals surface area contributed by atoms with Crippen molar-refractivity contribution in [2.24, 2.45) is 16.5 Å². The van der Waals surface area contributed by atoms with Crippen LogP contribution in [0.3, 0.4) is 0 Å². The van der Waals surface area contributed by atoms with Crippen molar-refractivity contribution in [1.29, 1.82) is 0 Å². The van der Waals surface area contributed by atoms with Crippen molar-refractivity contribution < 1.29 is 4.92 Å². The predicted octanol–water partition coefficient (Wildman–Crippen LogP) is 1.71. The molecule has 0 aromatic carbocycles. The minimum atomic E-state index is -0.437. The largest absolute Gasteiger partial charge is 0.372 e. The van der Waals surface area contributed by atoms with Gasteiger partial charge in [0.1, 0.15) is 5.03 Å². The second-order valence-corrected chi connectivity index (χ2v) is 6.61. The van der Waals surface area contributed by atoms with Crippen molar-refractivity contribution in [3.05, 3.63) is 32.4 Å². The number of nitrogens with zero attached hydrogens (tertiary/aromatic N) is 3. The standard InChI is InChI=1S/C12H18N6O2S2/c1-21-10(5-18(19)20)15-8-3-2-7(4-8)9-6-22-12(16-9)17-11(13)14/h5-8,15H,2-4H2,1H3,(H4,13,14,16,17)/b10-5-. The molecule has 5 N–H and O–H groups in total. The van der Waals surface area contributed by atoms with E-state index in [1.165, 1.54) is 23.1 Å². The first-order valence-electron chi connectivity index (χ1n) is 6.69. The highest BCUT2D eigenvalue weighted by atomic mass is 32.2. The van der Waals surface area contributed by atoms with Crippen molar-refractivity contribution in [1.82, 2.24) is 10.3 Å². The van der Waals surface area contributed by atoms with E-state index < -0.39 is 4.92 Å². The third kappa shape index (κ3) is 4.60. The average molecular weight is 342 g/mol. The van der Waals surface area contributed by atoms with Crippen LogP contribution in [0.4, 0.5) is 5.13 Å². The predicted molar refractivity (Wildman–Crippen MR) is 89.7 cm³/mol. The summed E-state index contributed by atoms with van der Waals surface area (Å²) in [5.41, 5.74) is 11.7. The summed E-state index contributed by atoms with van der Waals surface area (Å²) in [7, 11) is 0. The molecule has 1 aliphatic carbocycles. The topological polar surface area (TPSA) is 132 Å². The van der Waals surface area contributed by atoms with Crippen LogP contribution >= 0.6 is 23.1 Å². The molecule has 0 amide bonds. The zero-order valence-electron chi connectivity index (χ0n) is 12.1. The van der Waals surface area contributed by atoms with E-state index in [0.29, 0.717) is 16.1 Å². The maximum atomic E-state index is 10.6. The quantitative estimate of drug-likeness (QED) is 0.310. The highest BCUT2D eigenvalue weighted by Crippen LogP contribution is 2.37. The maximum Gasteiger partial charge on any atom is 0.263 e. The van der Waals surface area contributed by atoms with Crippen LogP contribution in [0.25, 0.3) is 0 Å². The molecule has 2 atom stereocenters. The molecule has 1 saturated carbocycles. The van der Waals surface area contributed by atoms with Crippen molar-refractivity contribution in [3.8, 4) is 0 Å². The fourth-order valence-electron chi connectivity index (χ4n) is 2.45. The molecule has 0 aliphatic heterocycles. The number of hydrogen-bond acceptors (Lipinski definition) is 7. The zero-order valence-corrected chi connectivity index (χ0v) is 13.7. The maximum absolute atomic E-state index is 10.6. The van der Waals surface area contributed by atoms with Gasteiger partial charge in [-0.05, 0) is 25.5 Å². The van der Waals surface area contributed by atoms with Gasteiger partial charge < -0.3 is 16.8 Å². The van der Waals surface area contributed by atoms with E-state index in [1.807, 2.05) is 11.6 Å². The molecule has 1 fully saturated rings. The summed E-state index contributed by atoms with van der Waals surface area (Å²) in [6, 6.07) is 0.219. The zero-order chi connectivity index (χ0) is 16.1. The highest BCUT2D eigenvalue weighted by molar-refractivity contribution is 8.02. The van der Waals surface area contributed by atoms with Crippen LogP contribution in [0.5, 0.6) is 0 Å². The van der Waals surface area contributed by atoms with Gasteiger partial charge in [0, 0.05) is 17.3 Å². The molecule has 0 saturated heterocycles. The Morgan fingerprint density at radius 1 is 1.64 bits per heavy atom. The Morgan fingerprint density at radius 3 is 3.05 bits per heavy atom. The van der Waals surface area contributed by atoms with Gasteiger partial charge in [0.15, 0.2) is 5.96 Å². The molecule has 8 nitrogen and oxygen atoms in total. The molecule has 1 aromatic heterocycles. The molecule has 2 rings (SSSR count). The average Bonchev–Trinajstić information content (AvgIpc) is 3.05. The van der Waals surface area contributed by atoms with Crippen molar-refractivity contribution in [3.63, 3.8) is 0 Å². The number of thioether (sulfide) groups is 1. The van der Waals surface area contributed by atoms with Crippen LogP contribution in [0, 0.1) is 10.1 Å². The lowest BCUT2D eigenvalue weighted by Crippen LogP contribution is -2.25. The second kappa shape index (κ2) is 7.45. The Morgan fingerprint density at radius 2 is 2.41 bits per heavy atom. The fourth-order valence-corrected chi connectivity index (χ4v) is 3.72. The van der Waals surface area contributed by atoms with Crippen LogP contribution in [0.1, 0.15) is 30.9 Å². The number of nitro groups is 1. The SMILES string of the molecule is CS/C(=C\[N+](=O)[O-])NC1CCC(c2csc(N=C(N)N)n2)C1. The van der Waals surface area contributed by atoms with Gasteiger partial charge in [-0.15, -0.1) is 23.1 Å². The molecule has 120 valence electrons. The second-order valence-electron chi connectivity index (χ2n) is 4.93. The summed E-state index contributed by atoms with van der Waals surface area (Å²) >= 11 is 2.75. The number of thiazole rings is 1. The van der Waals surface area contributed by atoms with E-state index in [4.69, 9.17) is 11.5 Å². The molecule has 1 aromatic rings. The van der Waals surface area contributed by atoms with Gasteiger partial charge in [0.25, 0.3) is 6.20 Å². The Balaban J connectivity index is 1.96. The Hall–Kier alpha value is -1.81. The number of guanidine groups is 1. The summed E-state index contributed by atoms with van der Waals surface area (Å²) in [5, 5.41) is 16.9. The van der Waals surface area contributed by atoms with Gasteiger partial charge in [-0.1, -0.05) is 0 Å². The van der Waals surface area contributed by atoms with Gasteiger partial charge in [-0.25, -0.2) is 4.98 Å². The van der Waals surface area contributed by atoms with E-state index in [-0.39, 0.29) is 12.0 Å². The minimum absolute atomic E-state index is 0.00129. The Kier molecular flexibility index (Phi) is 5.61. The summed E-state index contributed by atoms with van der Waals surface area (Å²) in [5.74, 6) is 0.330. The van der Waals surface area contributed by atoms with Crippen LogP contribution in [0.2, 0.25) is 0 Å². The monoisotopic (exact) mass is 342 g/mol. The van der Waals surface area contributed by atoms with Gasteiger partial charge in [-0.3, -0.25) is 10.1 Å². The van der Waals surface area contributed by atoms with E-state index in [9.17, 15) is 10.1 Å². The smallest absolute Gasteiger partial charge is 0.263 e. The molecule has 0 spiro atoms. The van der Waals surface area contributed by atoms with E-state index in [0.717, 1.165) is 31.2 Å². The van der Waals surface area contributed by atoms with Crippen LogP contribution in [-0.4, -0.2) is 28.2 Å². The number of nitrogens with one attached hydrogen (secondary N) is 1. The molecule has 10 heteroatoms. The van der Waals surface area contributed by atoms with E-state index in [2.05, 4.69) is 15.3 Å². The van der Waals surface area contributed by atoms with Gasteiger partial charge in [-0.2, -0.15) is 4.99 Å². The normalized spacial score (nSPS) is 21.6. The summed E-state index contributed by atoms with van der Waals surface area (Å²) in [6.07, 6.45) is 5.66. The number of hydrogen-bond donors (Lipinski definition) is 3. The number of aliphatic imine (C=N–C) groups is 1. The molecular weight excluding hydrogens is 324 g/mol. The third-order valence-corrected chi connectivity index (χ3v) is 4.79. The fraction of sp³-hybridized carbons (Fsp3) is 0.500. The van der Waals surface area contributed by atoms with Gasteiger partial charge in [0.2, 0.25) is 5.13 Å². The molecule has 22 heavy (non-hydrogen) atoms. The third-order valence-electron chi connectivity index (χ3n) is 3.37. The minimum Gasteiger partial charge on any atom is -0.372 e. The summed E-state index contributed by atoms with van der Waals surface area (Å²) in [4.78, 5) is 18.5. The first-order chi connectivity index (χ1) is 10.5. The lowest BCUT2D eigenvalue weighted by molar-refractivity contribution is -0.403. The molecule has 0 bridgehead atoms. The van der Waals surface area contributed by atoms with Crippen LogP contribution in [0.15, 0.2) is 21.6 Å². The molecule has 1 heterocycles. The first-order valence-corrected chi connectivity index (χ1v) is 8.79. The first kappa shape index (κ1) is 16.6. The number of aromatic nitrogens is 1. The molecule has 2 unspecified atom stereocenters. The van der Waals surface area contributed by atoms with Gasteiger partial charge >= 0.3 is 0 Å². The molecule has 0 radical (unpaired) electrons. The van der Waals surface area contributed by atoms with Crippen LogP contribution < -0.4 is 16.8 Å². The van der Waals surface area contributed by atoms with E-state index >= 15 is 0 Å². The molecular formula is C12H18N6O2S2. The summed E-state index contributed by atoms with van der Waals surface area (Å²) < 4.78 is 0. The lowest BCUT2D eigenvalue weighted by atomic mass is 10.1. The Labute approximate surface area is 136 Å². The van der Waals surface area contributed by atoms with Crippen molar-refractivity contribution in [2.45, 2.75) is 31.2 Å². The van der Waals surface area contributed by atoms with Crippen molar-refractivity contribution >= 4 is 34.2 Å². The Bertz CT molecular complexity index is 596. The van der Waals surface area contributed by atoms with E-state index in [1.54, 1.807) is 0 Å². The lowest BCUT2D eigenvalue weighted by Gasteiger charge is -2.14. The highest BCUT2D eigenvalue weighted by Gasteiger charge is 2.28. The summed E-state index contributed by atoms with van der Waals surface area (Å²) in [6.45, 7) is 0. The van der Waals surface area contributed by atoms with Crippen molar-refractivity contribution in [2.75, 3.05) is 6.26 Å². The number of rotatable bonds is 6. The van der Waals surface area contributed by atoms with Gasteiger partial charge in [0.05, 0.1) is 10.6 Å².